The van der Waals surface area contributed by atoms with Crippen molar-refractivity contribution in [1.82, 2.24) is 4.73 Å². The van der Waals surface area contributed by atoms with E-state index < -0.39 is 0 Å². The maximum absolute atomic E-state index is 9.36. The van der Waals surface area contributed by atoms with Crippen molar-refractivity contribution in [2.75, 3.05) is 18.9 Å². The lowest BCUT2D eigenvalue weighted by molar-refractivity contribution is 0.184. The van der Waals surface area contributed by atoms with Gasteiger partial charge in [-0.1, -0.05) is 0 Å². The molecule has 5 nitrogen and oxygen atoms in total. The maximum Gasteiger partial charge on any atom is 0.0671 e. The van der Waals surface area contributed by atoms with Gasteiger partial charge in [-0.15, -0.1) is 0 Å². The van der Waals surface area contributed by atoms with E-state index in [-0.39, 0.29) is 6.61 Å². The normalized spacial score (nSPS) is 12.2. The van der Waals surface area contributed by atoms with Crippen LogP contribution in [0.2, 0.25) is 0 Å². The van der Waals surface area contributed by atoms with Gasteiger partial charge in [0, 0.05) is 23.0 Å². The second-order valence-electron chi connectivity index (χ2n) is 3.43. The number of pyridine rings is 1. The number of nitrogen functional groups attached to an aromatic ring is 1. The zero-order valence-electron chi connectivity index (χ0n) is 8.67. The van der Waals surface area contributed by atoms with Gasteiger partial charge in [0.15, 0.2) is 0 Å². The number of fused-ring (bicyclic) bond motifs is 1. The van der Waals surface area contributed by atoms with Crippen LogP contribution < -0.4 is 11.1 Å². The summed E-state index contributed by atoms with van der Waals surface area (Å²) in [6.07, 6.45) is 3.05. The van der Waals surface area contributed by atoms with E-state index in [2.05, 4.69) is 4.99 Å². The van der Waals surface area contributed by atoms with E-state index in [1.807, 2.05) is 0 Å². The van der Waals surface area contributed by atoms with Crippen LogP contribution in [-0.4, -0.2) is 28.2 Å². The van der Waals surface area contributed by atoms with E-state index in [9.17, 15) is 5.21 Å². The third-order valence-electron chi connectivity index (χ3n) is 2.34. The highest BCUT2D eigenvalue weighted by molar-refractivity contribution is 5.76. The zero-order valence-corrected chi connectivity index (χ0v) is 8.67. The molecule has 2 aliphatic rings. The topological polar surface area (TPSA) is 83.8 Å². The van der Waals surface area contributed by atoms with Crippen molar-refractivity contribution in [3.63, 3.8) is 0 Å². The number of aromatic nitrogens is 1. The molecule has 0 saturated heterocycles. The van der Waals surface area contributed by atoms with Crippen molar-refractivity contribution in [2.24, 2.45) is 4.99 Å². The fourth-order valence-corrected chi connectivity index (χ4v) is 1.60. The SMILES string of the molecule is Nc1ccc(=NCCO)c2cn(O)ccc1-2. The minimum Gasteiger partial charge on any atom is -0.429 e. The molecule has 0 aromatic carbocycles. The third kappa shape index (κ3) is 1.85. The molecule has 0 amide bonds. The Hall–Kier alpha value is -2.01. The monoisotopic (exact) mass is 219 g/mol. The Bertz CT molecular complexity index is 533. The molecule has 84 valence electrons. The molecule has 0 fully saturated rings. The van der Waals surface area contributed by atoms with E-state index in [0.29, 0.717) is 17.6 Å². The van der Waals surface area contributed by atoms with Crippen molar-refractivity contribution in [1.29, 1.82) is 0 Å². The van der Waals surface area contributed by atoms with Crippen LogP contribution in [0.1, 0.15) is 0 Å². The predicted molar refractivity (Wildman–Crippen MR) is 60.2 cm³/mol. The Morgan fingerprint density at radius 1 is 1.25 bits per heavy atom. The number of hydrogen-bond acceptors (Lipinski definition) is 4. The molecule has 0 saturated carbocycles. The maximum atomic E-state index is 9.36. The Morgan fingerprint density at radius 2 is 2.06 bits per heavy atom. The smallest absolute Gasteiger partial charge is 0.0671 e. The predicted octanol–water partition coefficient (Wildman–Crippen LogP) is 0.305. The first-order valence-electron chi connectivity index (χ1n) is 4.93. The van der Waals surface area contributed by atoms with Crippen LogP contribution in [0.4, 0.5) is 5.69 Å². The minimum atomic E-state index is -0.00215. The van der Waals surface area contributed by atoms with Crippen LogP contribution in [-0.2, 0) is 0 Å². The fourth-order valence-electron chi connectivity index (χ4n) is 1.60. The minimum absolute atomic E-state index is 0.00215. The summed E-state index contributed by atoms with van der Waals surface area (Å²) >= 11 is 0. The highest BCUT2D eigenvalue weighted by Crippen LogP contribution is 2.23. The van der Waals surface area contributed by atoms with Gasteiger partial charge in [0.05, 0.1) is 24.7 Å². The standard InChI is InChI=1S/C11H13N3O2/c12-10-1-2-11(13-4-6-15)9-7-14(16)5-3-8(9)10/h1-3,5,7,15-16H,4,6,12H2. The zero-order chi connectivity index (χ0) is 11.5. The molecule has 5 heteroatoms. The number of nitrogens with two attached hydrogens (primary N) is 1. The number of aliphatic hydroxyl groups excluding tert-OH is 1. The summed E-state index contributed by atoms with van der Waals surface area (Å²) in [4.78, 5) is 4.21. The third-order valence-corrected chi connectivity index (χ3v) is 2.34. The van der Waals surface area contributed by atoms with Crippen molar-refractivity contribution < 1.29 is 10.3 Å². The second-order valence-corrected chi connectivity index (χ2v) is 3.43. The molecule has 1 heterocycles. The highest BCUT2D eigenvalue weighted by atomic mass is 16.5. The van der Waals surface area contributed by atoms with Gasteiger partial charge in [0.2, 0.25) is 0 Å². The summed E-state index contributed by atoms with van der Waals surface area (Å²) < 4.78 is 0.958. The highest BCUT2D eigenvalue weighted by Gasteiger charge is 2.07. The first-order chi connectivity index (χ1) is 7.72. The first kappa shape index (κ1) is 10.5. The van der Waals surface area contributed by atoms with Crippen molar-refractivity contribution in [3.8, 4) is 11.1 Å². The largest absolute Gasteiger partial charge is 0.429 e. The van der Waals surface area contributed by atoms with Gasteiger partial charge in [-0.25, -0.2) is 4.73 Å². The Labute approximate surface area is 92.4 Å². The molecule has 0 atom stereocenters. The summed E-state index contributed by atoms with van der Waals surface area (Å²) in [6, 6.07) is 5.26. The molecule has 0 unspecified atom stereocenters. The number of rotatable bonds is 2. The second kappa shape index (κ2) is 4.24. The summed E-state index contributed by atoms with van der Waals surface area (Å²) in [7, 11) is 0. The van der Waals surface area contributed by atoms with Crippen LogP contribution in [0, 0.1) is 0 Å². The molecule has 1 aliphatic heterocycles. The van der Waals surface area contributed by atoms with Crippen LogP contribution in [0.25, 0.3) is 11.1 Å². The number of nitrogens with zero attached hydrogens (tertiary/aromatic N) is 2. The molecule has 4 N–H and O–H groups in total. The van der Waals surface area contributed by atoms with Crippen LogP contribution in [0.3, 0.4) is 0 Å². The van der Waals surface area contributed by atoms with Gasteiger partial charge in [-0.2, -0.15) is 0 Å². The van der Waals surface area contributed by atoms with E-state index in [0.717, 1.165) is 15.9 Å². The molecular weight excluding hydrogens is 206 g/mol. The van der Waals surface area contributed by atoms with Gasteiger partial charge in [0.1, 0.15) is 0 Å². The van der Waals surface area contributed by atoms with E-state index >= 15 is 0 Å². The van der Waals surface area contributed by atoms with Gasteiger partial charge < -0.3 is 16.0 Å². The van der Waals surface area contributed by atoms with Crippen LogP contribution in [0.15, 0.2) is 35.6 Å². The number of hydrogen-bond donors (Lipinski definition) is 3. The quantitative estimate of drug-likeness (QED) is 0.502. The fraction of sp³-hybridized carbons (Fsp3) is 0.182. The summed E-state index contributed by atoms with van der Waals surface area (Å²) in [5.41, 5.74) is 8.06. The molecule has 2 rings (SSSR count). The number of anilines is 1. The molecule has 0 aromatic rings. The number of benzene rings is 1. The van der Waals surface area contributed by atoms with E-state index in [1.165, 1.54) is 6.20 Å². The molecule has 0 radical (unpaired) electrons. The summed E-state index contributed by atoms with van der Waals surface area (Å²) in [5.74, 6) is 0. The lowest BCUT2D eigenvalue weighted by atomic mass is 10.0. The Morgan fingerprint density at radius 3 is 2.81 bits per heavy atom. The van der Waals surface area contributed by atoms with Crippen LogP contribution in [0.5, 0.6) is 0 Å². The van der Waals surface area contributed by atoms with Crippen molar-refractivity contribution in [3.05, 3.63) is 36.0 Å². The van der Waals surface area contributed by atoms with Crippen LogP contribution >= 0.6 is 0 Å². The van der Waals surface area contributed by atoms with E-state index in [4.69, 9.17) is 10.8 Å². The number of aliphatic hydroxyl groups is 1. The Kier molecular flexibility index (Phi) is 2.78. The van der Waals surface area contributed by atoms with Gasteiger partial charge >= 0.3 is 0 Å². The lowest BCUT2D eigenvalue weighted by Crippen LogP contribution is -2.12. The Balaban J connectivity index is 2.69. The molecule has 0 aromatic heterocycles. The lowest BCUT2D eigenvalue weighted by Gasteiger charge is -2.10. The average molecular weight is 219 g/mol. The molecule has 0 spiro atoms. The van der Waals surface area contributed by atoms with Gasteiger partial charge in [-0.3, -0.25) is 4.99 Å². The average Bonchev–Trinajstić information content (AvgIpc) is 2.28. The molecule has 16 heavy (non-hydrogen) atoms. The molecule has 0 bridgehead atoms. The first-order valence-corrected chi connectivity index (χ1v) is 4.93. The van der Waals surface area contributed by atoms with Gasteiger partial charge in [-0.05, 0) is 18.2 Å². The molecule has 1 aliphatic carbocycles. The summed E-state index contributed by atoms with van der Waals surface area (Å²) in [5, 5.41) is 18.8. The summed E-state index contributed by atoms with van der Waals surface area (Å²) in [6.45, 7) is 0.331. The molecular formula is C11H13N3O2. The van der Waals surface area contributed by atoms with Gasteiger partial charge in [0.25, 0.3) is 0 Å². The van der Waals surface area contributed by atoms with Crippen molar-refractivity contribution in [2.45, 2.75) is 0 Å². The van der Waals surface area contributed by atoms with E-state index in [1.54, 1.807) is 24.4 Å². The van der Waals surface area contributed by atoms with Crippen molar-refractivity contribution >= 4 is 5.69 Å².